The molecule has 3 aromatic rings. The maximum Gasteiger partial charge on any atom is 0.223 e. The van der Waals surface area contributed by atoms with Gasteiger partial charge in [0.1, 0.15) is 11.6 Å². The Kier molecular flexibility index (Phi) is 4.90. The molecule has 5 heteroatoms. The molecule has 1 aromatic heterocycles. The Balaban J connectivity index is 1.50. The lowest BCUT2D eigenvalue weighted by Crippen LogP contribution is -2.24. The number of likely N-dealkylation sites (tertiary alicyclic amines) is 1. The molecule has 0 spiro atoms. The lowest BCUT2D eigenvalue weighted by atomic mass is 10.1. The highest BCUT2D eigenvalue weighted by Gasteiger charge is 2.32. The van der Waals surface area contributed by atoms with Gasteiger partial charge >= 0.3 is 0 Å². The number of ether oxygens (including phenoxy) is 1. The first kappa shape index (κ1) is 18.3. The highest BCUT2D eigenvalue weighted by molar-refractivity contribution is 5.79. The third kappa shape index (κ3) is 3.65. The predicted molar refractivity (Wildman–Crippen MR) is 109 cm³/mol. The average Bonchev–Trinajstić information content (AvgIpc) is 3.26. The van der Waals surface area contributed by atoms with Crippen LogP contribution in [0, 0.1) is 13.8 Å². The monoisotopic (exact) mass is 375 g/mol. The highest BCUT2D eigenvalue weighted by atomic mass is 16.5. The number of nitrogens with one attached hydrogen (secondary N) is 1. The topological polar surface area (TPSA) is 58.2 Å². The maximum absolute atomic E-state index is 12.5. The van der Waals surface area contributed by atoms with Crippen molar-refractivity contribution in [3.8, 4) is 17.0 Å². The van der Waals surface area contributed by atoms with E-state index < -0.39 is 0 Å². The zero-order chi connectivity index (χ0) is 19.7. The second-order valence-electron chi connectivity index (χ2n) is 7.49. The molecule has 1 aliphatic rings. The van der Waals surface area contributed by atoms with Gasteiger partial charge in [-0.3, -0.25) is 4.79 Å². The molecule has 144 valence electrons. The Bertz CT molecular complexity index is 974. The fourth-order valence-electron chi connectivity index (χ4n) is 3.73. The number of aryl methyl sites for hydroxylation is 2. The molecule has 0 saturated carbocycles. The quantitative estimate of drug-likeness (QED) is 0.726. The summed E-state index contributed by atoms with van der Waals surface area (Å²) in [5.74, 6) is 2.00. The Labute approximate surface area is 165 Å². The molecule has 5 nitrogen and oxygen atoms in total. The number of H-pyrrole nitrogens is 1. The molecule has 1 amide bonds. The van der Waals surface area contributed by atoms with Crippen LogP contribution in [0.4, 0.5) is 0 Å². The molecule has 1 fully saturated rings. The van der Waals surface area contributed by atoms with Gasteiger partial charge in [-0.15, -0.1) is 0 Å². The van der Waals surface area contributed by atoms with E-state index in [1.165, 1.54) is 5.56 Å². The van der Waals surface area contributed by atoms with Gasteiger partial charge in [0, 0.05) is 36.7 Å². The number of aromatic amines is 1. The van der Waals surface area contributed by atoms with Gasteiger partial charge in [0.2, 0.25) is 5.91 Å². The third-order valence-electron chi connectivity index (χ3n) is 5.36. The smallest absolute Gasteiger partial charge is 0.223 e. The van der Waals surface area contributed by atoms with Crippen molar-refractivity contribution in [1.82, 2.24) is 14.9 Å². The van der Waals surface area contributed by atoms with Gasteiger partial charge in [-0.25, -0.2) is 4.98 Å². The van der Waals surface area contributed by atoms with Crippen molar-refractivity contribution in [3.63, 3.8) is 0 Å². The van der Waals surface area contributed by atoms with Crippen molar-refractivity contribution in [3.05, 3.63) is 71.2 Å². The number of hydrogen-bond acceptors (Lipinski definition) is 3. The summed E-state index contributed by atoms with van der Waals surface area (Å²) >= 11 is 0. The highest BCUT2D eigenvalue weighted by Crippen LogP contribution is 2.31. The molecular formula is C23H25N3O2. The molecule has 28 heavy (non-hydrogen) atoms. The summed E-state index contributed by atoms with van der Waals surface area (Å²) in [5, 5.41) is 0. The average molecular weight is 375 g/mol. The van der Waals surface area contributed by atoms with Crippen LogP contribution in [0.5, 0.6) is 5.75 Å². The van der Waals surface area contributed by atoms with Crippen molar-refractivity contribution < 1.29 is 9.53 Å². The van der Waals surface area contributed by atoms with Crippen molar-refractivity contribution in [2.45, 2.75) is 32.7 Å². The number of carbonyl (C=O) groups is 1. The molecule has 0 radical (unpaired) electrons. The lowest BCUT2D eigenvalue weighted by Gasteiger charge is -2.16. The SMILES string of the molecule is COc1ccc(-c2nc(C3CC(=O)N(Cc4ccc(C)cc4)C3)[nH]c2C)cc1. The number of methoxy groups -OCH3 is 1. The van der Waals surface area contributed by atoms with E-state index in [0.29, 0.717) is 19.5 Å². The van der Waals surface area contributed by atoms with Gasteiger partial charge in [0.25, 0.3) is 0 Å². The largest absolute Gasteiger partial charge is 0.497 e. The molecule has 0 bridgehead atoms. The first-order valence-corrected chi connectivity index (χ1v) is 9.57. The van der Waals surface area contributed by atoms with Gasteiger partial charge in [0.15, 0.2) is 0 Å². The maximum atomic E-state index is 12.5. The van der Waals surface area contributed by atoms with Crippen LogP contribution in [0.15, 0.2) is 48.5 Å². The summed E-state index contributed by atoms with van der Waals surface area (Å²) < 4.78 is 5.23. The molecule has 1 saturated heterocycles. The first-order valence-electron chi connectivity index (χ1n) is 9.57. The lowest BCUT2D eigenvalue weighted by molar-refractivity contribution is -0.128. The number of benzene rings is 2. The predicted octanol–water partition coefficient (Wildman–Crippen LogP) is 4.22. The molecule has 1 N–H and O–H groups in total. The zero-order valence-corrected chi connectivity index (χ0v) is 16.5. The number of rotatable bonds is 5. The van der Waals surface area contributed by atoms with Crippen molar-refractivity contribution in [2.24, 2.45) is 0 Å². The van der Waals surface area contributed by atoms with E-state index in [-0.39, 0.29) is 11.8 Å². The third-order valence-corrected chi connectivity index (χ3v) is 5.36. The number of amides is 1. The van der Waals surface area contributed by atoms with Crippen LogP contribution in [0.2, 0.25) is 0 Å². The van der Waals surface area contributed by atoms with E-state index in [4.69, 9.17) is 9.72 Å². The summed E-state index contributed by atoms with van der Waals surface area (Å²) in [6, 6.07) is 16.2. The second kappa shape index (κ2) is 7.50. The zero-order valence-electron chi connectivity index (χ0n) is 16.5. The van der Waals surface area contributed by atoms with Gasteiger partial charge in [0.05, 0.1) is 12.8 Å². The molecule has 0 aliphatic carbocycles. The summed E-state index contributed by atoms with van der Waals surface area (Å²) in [4.78, 5) is 22.7. The van der Waals surface area contributed by atoms with Crippen LogP contribution >= 0.6 is 0 Å². The Morgan fingerprint density at radius 1 is 1.11 bits per heavy atom. The van der Waals surface area contributed by atoms with Crippen LogP contribution in [0.3, 0.4) is 0 Å². The Morgan fingerprint density at radius 3 is 2.50 bits per heavy atom. The number of nitrogens with zero attached hydrogens (tertiary/aromatic N) is 2. The Morgan fingerprint density at radius 2 is 1.82 bits per heavy atom. The van der Waals surface area contributed by atoms with Gasteiger partial charge in [-0.2, -0.15) is 0 Å². The number of imidazole rings is 1. The van der Waals surface area contributed by atoms with Crippen molar-refractivity contribution in [1.29, 1.82) is 0 Å². The van der Waals surface area contributed by atoms with Gasteiger partial charge in [-0.1, -0.05) is 29.8 Å². The van der Waals surface area contributed by atoms with Crippen LogP contribution in [0.1, 0.15) is 35.0 Å². The number of hydrogen-bond donors (Lipinski definition) is 1. The van der Waals surface area contributed by atoms with E-state index in [0.717, 1.165) is 34.1 Å². The molecule has 2 aromatic carbocycles. The fourth-order valence-corrected chi connectivity index (χ4v) is 3.73. The number of aromatic nitrogens is 2. The van der Waals surface area contributed by atoms with E-state index in [1.54, 1.807) is 7.11 Å². The second-order valence-corrected chi connectivity index (χ2v) is 7.49. The van der Waals surface area contributed by atoms with Crippen LogP contribution in [-0.4, -0.2) is 34.4 Å². The van der Waals surface area contributed by atoms with Gasteiger partial charge < -0.3 is 14.6 Å². The summed E-state index contributed by atoms with van der Waals surface area (Å²) in [7, 11) is 1.66. The number of carbonyl (C=O) groups excluding carboxylic acids is 1. The minimum absolute atomic E-state index is 0.101. The minimum Gasteiger partial charge on any atom is -0.497 e. The standard InChI is InChI=1S/C23H25N3O2/c1-15-4-6-17(7-5-15)13-26-14-19(12-21(26)27)23-24-16(2)22(25-23)18-8-10-20(28-3)11-9-18/h4-11,19H,12-14H2,1-3H3,(H,24,25). The van der Waals surface area contributed by atoms with Crippen LogP contribution < -0.4 is 4.74 Å². The summed E-state index contributed by atoms with van der Waals surface area (Å²) in [5.41, 5.74) is 5.38. The first-order chi connectivity index (χ1) is 13.5. The van der Waals surface area contributed by atoms with Crippen LogP contribution in [-0.2, 0) is 11.3 Å². The van der Waals surface area contributed by atoms with Crippen molar-refractivity contribution in [2.75, 3.05) is 13.7 Å². The van der Waals surface area contributed by atoms with Crippen molar-refractivity contribution >= 4 is 5.91 Å². The molecular weight excluding hydrogens is 350 g/mol. The summed E-state index contributed by atoms with van der Waals surface area (Å²) in [6.07, 6.45) is 0.501. The minimum atomic E-state index is 0.101. The molecule has 2 heterocycles. The van der Waals surface area contributed by atoms with Crippen LogP contribution in [0.25, 0.3) is 11.3 Å². The molecule has 1 aliphatic heterocycles. The van der Waals surface area contributed by atoms with E-state index in [1.807, 2.05) is 36.1 Å². The van der Waals surface area contributed by atoms with Gasteiger partial charge in [-0.05, 0) is 43.7 Å². The van der Waals surface area contributed by atoms with E-state index in [9.17, 15) is 4.79 Å². The van der Waals surface area contributed by atoms with E-state index in [2.05, 4.69) is 36.2 Å². The molecule has 1 atom stereocenters. The normalized spacial score (nSPS) is 16.6. The molecule has 4 rings (SSSR count). The summed E-state index contributed by atoms with van der Waals surface area (Å²) in [6.45, 7) is 5.44. The Hall–Kier alpha value is -3.08. The fraction of sp³-hybridized carbons (Fsp3) is 0.304. The van der Waals surface area contributed by atoms with E-state index >= 15 is 0 Å². The molecule has 1 unspecified atom stereocenters.